The lowest BCUT2D eigenvalue weighted by molar-refractivity contribution is 0.643. The van der Waals surface area contributed by atoms with Crippen LogP contribution in [-0.4, -0.2) is 19.7 Å². The molecule has 1 N–H and O–H groups in total. The Labute approximate surface area is 138 Å². The molecule has 23 heavy (non-hydrogen) atoms. The van der Waals surface area contributed by atoms with Crippen LogP contribution in [0, 0.1) is 0 Å². The first-order chi connectivity index (χ1) is 11.3. The van der Waals surface area contributed by atoms with E-state index in [9.17, 15) is 4.79 Å². The van der Waals surface area contributed by atoms with Crippen molar-refractivity contribution in [3.05, 3.63) is 52.1 Å². The standard InChI is InChI=1S/C17H18N4OS/c1-2-21-16(11-7-8-11)19-20-17(21)23-10-12-9-15(22)18-14-6-4-3-5-13(12)14/h3-6,9,11H,2,7-8,10H2,1H3,(H,18,22). The van der Waals surface area contributed by atoms with Crippen molar-refractivity contribution in [3.63, 3.8) is 0 Å². The van der Waals surface area contributed by atoms with Gasteiger partial charge < -0.3 is 9.55 Å². The van der Waals surface area contributed by atoms with Crippen LogP contribution in [0.2, 0.25) is 0 Å². The molecule has 3 aromatic rings. The van der Waals surface area contributed by atoms with E-state index in [1.54, 1.807) is 17.8 Å². The molecular weight excluding hydrogens is 308 g/mol. The normalized spacial score (nSPS) is 14.5. The van der Waals surface area contributed by atoms with Gasteiger partial charge >= 0.3 is 0 Å². The summed E-state index contributed by atoms with van der Waals surface area (Å²) in [5.74, 6) is 2.43. The number of thioether (sulfide) groups is 1. The molecule has 0 radical (unpaired) electrons. The van der Waals surface area contributed by atoms with Gasteiger partial charge in [0.1, 0.15) is 5.82 Å². The molecule has 1 saturated carbocycles. The predicted molar refractivity (Wildman–Crippen MR) is 91.8 cm³/mol. The van der Waals surface area contributed by atoms with Crippen molar-refractivity contribution in [1.29, 1.82) is 0 Å². The number of hydrogen-bond donors (Lipinski definition) is 1. The summed E-state index contributed by atoms with van der Waals surface area (Å²) >= 11 is 1.65. The van der Waals surface area contributed by atoms with Crippen molar-refractivity contribution in [1.82, 2.24) is 19.7 Å². The number of H-pyrrole nitrogens is 1. The third-order valence-electron chi connectivity index (χ3n) is 4.20. The van der Waals surface area contributed by atoms with Crippen LogP contribution in [0.3, 0.4) is 0 Å². The van der Waals surface area contributed by atoms with Crippen LogP contribution in [0.4, 0.5) is 0 Å². The Morgan fingerprint density at radius 2 is 2.13 bits per heavy atom. The molecule has 0 saturated heterocycles. The summed E-state index contributed by atoms with van der Waals surface area (Å²) in [6.45, 7) is 3.01. The number of hydrogen-bond acceptors (Lipinski definition) is 4. The van der Waals surface area contributed by atoms with Crippen molar-refractivity contribution in [2.24, 2.45) is 0 Å². The van der Waals surface area contributed by atoms with Crippen LogP contribution < -0.4 is 5.56 Å². The van der Waals surface area contributed by atoms with E-state index in [2.05, 4.69) is 26.7 Å². The predicted octanol–water partition coefficient (Wildman–Crippen LogP) is 3.31. The number of para-hydroxylation sites is 1. The fourth-order valence-electron chi connectivity index (χ4n) is 2.89. The number of rotatable bonds is 5. The number of aromatic amines is 1. The van der Waals surface area contributed by atoms with Crippen LogP contribution in [0.15, 0.2) is 40.3 Å². The molecule has 0 bridgehead atoms. The molecule has 0 aliphatic heterocycles. The van der Waals surface area contributed by atoms with E-state index in [0.717, 1.165) is 34.0 Å². The zero-order chi connectivity index (χ0) is 15.8. The molecule has 1 fully saturated rings. The maximum Gasteiger partial charge on any atom is 0.248 e. The van der Waals surface area contributed by atoms with Gasteiger partial charge in [-0.1, -0.05) is 30.0 Å². The number of pyridine rings is 1. The van der Waals surface area contributed by atoms with Crippen molar-refractivity contribution in [2.75, 3.05) is 0 Å². The molecule has 0 amide bonds. The number of nitrogens with one attached hydrogen (secondary N) is 1. The maximum absolute atomic E-state index is 11.8. The molecule has 5 nitrogen and oxygen atoms in total. The van der Waals surface area contributed by atoms with E-state index in [1.807, 2.05) is 24.3 Å². The van der Waals surface area contributed by atoms with Gasteiger partial charge in [-0.05, 0) is 31.4 Å². The Morgan fingerprint density at radius 3 is 2.91 bits per heavy atom. The Bertz CT molecular complexity index is 910. The number of nitrogens with zero attached hydrogens (tertiary/aromatic N) is 3. The second-order valence-corrected chi connectivity index (χ2v) is 6.79. The summed E-state index contributed by atoms with van der Waals surface area (Å²) in [5, 5.41) is 10.8. The first-order valence-electron chi connectivity index (χ1n) is 7.93. The molecule has 1 aliphatic carbocycles. The molecule has 1 aromatic carbocycles. The van der Waals surface area contributed by atoms with E-state index < -0.39 is 0 Å². The molecule has 1 aliphatic rings. The zero-order valence-electron chi connectivity index (χ0n) is 13.0. The fourth-order valence-corrected chi connectivity index (χ4v) is 3.89. The fraction of sp³-hybridized carbons (Fsp3) is 0.353. The third-order valence-corrected chi connectivity index (χ3v) is 5.21. The van der Waals surface area contributed by atoms with E-state index in [0.29, 0.717) is 11.7 Å². The van der Waals surface area contributed by atoms with E-state index in [1.165, 1.54) is 12.8 Å². The number of aromatic nitrogens is 4. The Morgan fingerprint density at radius 1 is 1.30 bits per heavy atom. The first kappa shape index (κ1) is 14.5. The lowest BCUT2D eigenvalue weighted by Crippen LogP contribution is -2.06. The molecule has 0 unspecified atom stereocenters. The van der Waals surface area contributed by atoms with Crippen molar-refractivity contribution in [2.45, 2.75) is 43.1 Å². The molecule has 0 atom stereocenters. The summed E-state index contributed by atoms with van der Waals surface area (Å²) < 4.78 is 2.21. The van der Waals surface area contributed by atoms with Gasteiger partial charge in [-0.15, -0.1) is 10.2 Å². The van der Waals surface area contributed by atoms with Crippen molar-refractivity contribution >= 4 is 22.7 Å². The van der Waals surface area contributed by atoms with Crippen molar-refractivity contribution in [3.8, 4) is 0 Å². The smallest absolute Gasteiger partial charge is 0.248 e. The van der Waals surface area contributed by atoms with Gasteiger partial charge in [0.2, 0.25) is 5.56 Å². The number of benzene rings is 1. The maximum atomic E-state index is 11.8. The third kappa shape index (κ3) is 2.79. The highest BCUT2D eigenvalue weighted by Gasteiger charge is 2.29. The number of fused-ring (bicyclic) bond motifs is 1. The van der Waals surface area contributed by atoms with Crippen molar-refractivity contribution < 1.29 is 0 Å². The quantitative estimate of drug-likeness (QED) is 0.731. The summed E-state index contributed by atoms with van der Waals surface area (Å²) in [6.07, 6.45) is 2.45. The SMILES string of the molecule is CCn1c(SCc2cc(=O)[nH]c3ccccc23)nnc1C1CC1. The summed E-state index contributed by atoms with van der Waals surface area (Å²) in [7, 11) is 0. The van der Waals surface area contributed by atoms with Gasteiger partial charge in [0.05, 0.1) is 0 Å². The lowest BCUT2D eigenvalue weighted by Gasteiger charge is -2.08. The largest absolute Gasteiger partial charge is 0.322 e. The minimum Gasteiger partial charge on any atom is -0.322 e. The molecular formula is C17H18N4OS. The van der Waals surface area contributed by atoms with Gasteiger partial charge in [0.15, 0.2) is 5.16 Å². The molecule has 2 heterocycles. The highest BCUT2D eigenvalue weighted by Crippen LogP contribution is 2.40. The highest BCUT2D eigenvalue weighted by molar-refractivity contribution is 7.98. The Kier molecular flexibility index (Phi) is 3.69. The molecule has 4 rings (SSSR count). The molecule has 2 aromatic heterocycles. The summed E-state index contributed by atoms with van der Waals surface area (Å²) in [6, 6.07) is 9.59. The summed E-state index contributed by atoms with van der Waals surface area (Å²) in [5.41, 5.74) is 1.86. The van der Waals surface area contributed by atoms with Gasteiger partial charge in [-0.3, -0.25) is 4.79 Å². The zero-order valence-corrected chi connectivity index (χ0v) is 13.8. The van der Waals surface area contributed by atoms with Gasteiger partial charge in [0, 0.05) is 35.2 Å². The van der Waals surface area contributed by atoms with Crippen LogP contribution in [0.25, 0.3) is 10.9 Å². The minimum absolute atomic E-state index is 0.0603. The van der Waals surface area contributed by atoms with Crippen LogP contribution in [0.5, 0.6) is 0 Å². The van der Waals surface area contributed by atoms with Crippen LogP contribution in [0.1, 0.15) is 37.1 Å². The highest BCUT2D eigenvalue weighted by atomic mass is 32.2. The Balaban J connectivity index is 1.63. The average Bonchev–Trinajstić information content (AvgIpc) is 3.32. The molecule has 6 heteroatoms. The second kappa shape index (κ2) is 5.85. The molecule has 118 valence electrons. The first-order valence-corrected chi connectivity index (χ1v) is 8.91. The van der Waals surface area contributed by atoms with E-state index in [4.69, 9.17) is 0 Å². The Hall–Kier alpha value is -2.08. The van der Waals surface area contributed by atoms with E-state index >= 15 is 0 Å². The lowest BCUT2D eigenvalue weighted by atomic mass is 10.1. The van der Waals surface area contributed by atoms with Crippen LogP contribution >= 0.6 is 11.8 Å². The van der Waals surface area contributed by atoms with Crippen LogP contribution in [-0.2, 0) is 12.3 Å². The van der Waals surface area contributed by atoms with E-state index in [-0.39, 0.29) is 5.56 Å². The minimum atomic E-state index is -0.0603. The molecule has 0 spiro atoms. The average molecular weight is 326 g/mol. The monoisotopic (exact) mass is 326 g/mol. The second-order valence-electron chi connectivity index (χ2n) is 5.85. The van der Waals surface area contributed by atoms with Gasteiger partial charge in [0.25, 0.3) is 0 Å². The summed E-state index contributed by atoms with van der Waals surface area (Å²) in [4.78, 5) is 14.7. The van der Waals surface area contributed by atoms with Gasteiger partial charge in [-0.25, -0.2) is 0 Å². The topological polar surface area (TPSA) is 63.6 Å². The van der Waals surface area contributed by atoms with Gasteiger partial charge in [-0.2, -0.15) is 0 Å².